The molecule has 2 heteroatoms. The molecule has 2 heterocycles. The van der Waals surface area contributed by atoms with E-state index in [0.29, 0.717) is 6.04 Å². The van der Waals surface area contributed by atoms with Crippen molar-refractivity contribution in [1.82, 2.24) is 4.90 Å². The summed E-state index contributed by atoms with van der Waals surface area (Å²) in [6.07, 6.45) is 4.96. The van der Waals surface area contributed by atoms with Crippen LogP contribution in [0.1, 0.15) is 31.2 Å². The molecule has 2 nitrogen and oxygen atoms in total. The van der Waals surface area contributed by atoms with Crippen molar-refractivity contribution in [3.8, 4) is 0 Å². The highest BCUT2D eigenvalue weighted by atomic mass is 15.2. The molecule has 0 aliphatic carbocycles. The fourth-order valence-electron chi connectivity index (χ4n) is 3.50. The number of nitrogens with zero attached hydrogens (tertiary/aromatic N) is 1. The summed E-state index contributed by atoms with van der Waals surface area (Å²) in [6, 6.07) is 11.3. The van der Waals surface area contributed by atoms with E-state index < -0.39 is 0 Å². The number of piperidine rings is 1. The molecule has 0 bridgehead atoms. The lowest BCUT2D eigenvalue weighted by Crippen LogP contribution is -2.57. The van der Waals surface area contributed by atoms with Gasteiger partial charge >= 0.3 is 0 Å². The third-order valence-corrected chi connectivity index (χ3v) is 4.31. The molecule has 0 saturated carbocycles. The molecule has 16 heavy (non-hydrogen) atoms. The zero-order chi connectivity index (χ0) is 11.0. The molecule has 0 radical (unpaired) electrons. The summed E-state index contributed by atoms with van der Waals surface area (Å²) in [5, 5.41) is 0. The molecule has 2 N–H and O–H groups in total. The van der Waals surface area contributed by atoms with Gasteiger partial charge in [-0.25, -0.2) is 0 Å². The van der Waals surface area contributed by atoms with Gasteiger partial charge in [-0.05, 0) is 44.3 Å². The van der Waals surface area contributed by atoms with Crippen molar-refractivity contribution in [2.24, 2.45) is 5.73 Å². The number of benzene rings is 1. The molecular formula is C14H20N2. The lowest BCUT2D eigenvalue weighted by molar-refractivity contribution is 0.106. The molecule has 0 unspecified atom stereocenters. The number of nitrogens with two attached hydrogens (primary N) is 1. The van der Waals surface area contributed by atoms with E-state index in [1.165, 1.54) is 37.9 Å². The second-order valence-corrected chi connectivity index (χ2v) is 5.20. The number of fused-ring (bicyclic) bond motifs is 1. The zero-order valence-corrected chi connectivity index (χ0v) is 9.73. The fourth-order valence-corrected chi connectivity index (χ4v) is 3.50. The van der Waals surface area contributed by atoms with Crippen molar-refractivity contribution in [3.63, 3.8) is 0 Å². The van der Waals surface area contributed by atoms with Crippen molar-refractivity contribution >= 4 is 0 Å². The van der Waals surface area contributed by atoms with Gasteiger partial charge in [0.15, 0.2) is 0 Å². The predicted octanol–water partition coefficient (Wildman–Crippen LogP) is 2.10. The standard InChI is InChI=1S/C14H20N2/c15-14(12-6-2-1-3-7-12)9-5-11-16-10-4-8-13(14)16/h1-3,6-7,13H,4-5,8-11,15H2/t13-,14+/m1/s1. The molecule has 2 aliphatic rings. The third-order valence-electron chi connectivity index (χ3n) is 4.31. The van der Waals surface area contributed by atoms with Gasteiger partial charge in [0.05, 0.1) is 5.54 Å². The molecule has 0 spiro atoms. The van der Waals surface area contributed by atoms with Crippen LogP contribution in [0, 0.1) is 0 Å². The Labute approximate surface area is 97.4 Å². The van der Waals surface area contributed by atoms with E-state index in [9.17, 15) is 0 Å². The van der Waals surface area contributed by atoms with Crippen LogP contribution >= 0.6 is 0 Å². The van der Waals surface area contributed by atoms with Crippen LogP contribution in [-0.4, -0.2) is 24.0 Å². The van der Waals surface area contributed by atoms with Crippen LogP contribution in [-0.2, 0) is 5.54 Å². The minimum Gasteiger partial charge on any atom is -0.320 e. The Kier molecular flexibility index (Phi) is 2.49. The number of hydrogen-bond acceptors (Lipinski definition) is 2. The van der Waals surface area contributed by atoms with Gasteiger partial charge in [0.2, 0.25) is 0 Å². The monoisotopic (exact) mass is 216 g/mol. The molecule has 2 aliphatic heterocycles. The highest BCUT2D eigenvalue weighted by Gasteiger charge is 2.44. The van der Waals surface area contributed by atoms with Crippen LogP contribution in [0.2, 0.25) is 0 Å². The minimum absolute atomic E-state index is 0.101. The van der Waals surface area contributed by atoms with E-state index >= 15 is 0 Å². The summed E-state index contributed by atoms with van der Waals surface area (Å²) in [5.74, 6) is 0. The van der Waals surface area contributed by atoms with E-state index in [4.69, 9.17) is 5.73 Å². The van der Waals surface area contributed by atoms with Gasteiger partial charge in [-0.3, -0.25) is 4.90 Å². The largest absolute Gasteiger partial charge is 0.320 e. The second kappa shape index (κ2) is 3.86. The van der Waals surface area contributed by atoms with Crippen molar-refractivity contribution < 1.29 is 0 Å². The average molecular weight is 216 g/mol. The maximum atomic E-state index is 6.72. The second-order valence-electron chi connectivity index (χ2n) is 5.20. The van der Waals surface area contributed by atoms with Gasteiger partial charge in [0.25, 0.3) is 0 Å². The first-order valence-corrected chi connectivity index (χ1v) is 6.39. The lowest BCUT2D eigenvalue weighted by atomic mass is 9.76. The SMILES string of the molecule is N[C@]1(c2ccccc2)CCCN2CCC[C@@H]21. The molecule has 1 aromatic carbocycles. The van der Waals surface area contributed by atoms with Gasteiger partial charge in [-0.1, -0.05) is 30.3 Å². The molecule has 1 aromatic rings. The number of hydrogen-bond donors (Lipinski definition) is 1. The molecule has 2 saturated heterocycles. The first-order chi connectivity index (χ1) is 7.81. The molecule has 3 rings (SSSR count). The Morgan fingerprint density at radius 2 is 1.88 bits per heavy atom. The number of rotatable bonds is 1. The van der Waals surface area contributed by atoms with Gasteiger partial charge in [-0.2, -0.15) is 0 Å². The Morgan fingerprint density at radius 3 is 2.69 bits per heavy atom. The van der Waals surface area contributed by atoms with E-state index in [1.54, 1.807) is 0 Å². The first-order valence-electron chi connectivity index (χ1n) is 6.39. The maximum Gasteiger partial charge on any atom is 0.0567 e. The molecule has 2 fully saturated rings. The van der Waals surface area contributed by atoms with E-state index in [0.717, 1.165) is 6.42 Å². The van der Waals surface area contributed by atoms with Gasteiger partial charge in [-0.15, -0.1) is 0 Å². The summed E-state index contributed by atoms with van der Waals surface area (Å²) >= 11 is 0. The summed E-state index contributed by atoms with van der Waals surface area (Å²) in [4.78, 5) is 2.59. The lowest BCUT2D eigenvalue weighted by Gasteiger charge is -2.45. The molecular weight excluding hydrogens is 196 g/mol. The summed E-state index contributed by atoms with van der Waals surface area (Å²) < 4.78 is 0. The van der Waals surface area contributed by atoms with Gasteiger partial charge in [0.1, 0.15) is 0 Å². The highest BCUT2D eigenvalue weighted by molar-refractivity contribution is 5.27. The Bertz CT molecular complexity index is 362. The first kappa shape index (κ1) is 10.3. The van der Waals surface area contributed by atoms with E-state index in [2.05, 4.69) is 35.2 Å². The Balaban J connectivity index is 1.96. The molecule has 0 amide bonds. The third kappa shape index (κ3) is 1.48. The van der Waals surface area contributed by atoms with Crippen LogP contribution in [0.25, 0.3) is 0 Å². The molecule has 0 aromatic heterocycles. The van der Waals surface area contributed by atoms with Crippen molar-refractivity contribution in [2.45, 2.75) is 37.3 Å². The summed E-state index contributed by atoms with van der Waals surface area (Å²) in [5.41, 5.74) is 7.95. The smallest absolute Gasteiger partial charge is 0.0567 e. The van der Waals surface area contributed by atoms with Crippen LogP contribution in [0.4, 0.5) is 0 Å². The van der Waals surface area contributed by atoms with Gasteiger partial charge in [0, 0.05) is 6.04 Å². The topological polar surface area (TPSA) is 29.3 Å². The summed E-state index contributed by atoms with van der Waals surface area (Å²) in [7, 11) is 0. The average Bonchev–Trinajstić information content (AvgIpc) is 2.80. The zero-order valence-electron chi connectivity index (χ0n) is 9.73. The van der Waals surface area contributed by atoms with Crippen LogP contribution in [0.15, 0.2) is 30.3 Å². The highest BCUT2D eigenvalue weighted by Crippen LogP contribution is 2.39. The molecule has 2 atom stereocenters. The quantitative estimate of drug-likeness (QED) is 0.779. The summed E-state index contributed by atoms with van der Waals surface area (Å²) in [6.45, 7) is 2.49. The maximum absolute atomic E-state index is 6.72. The van der Waals surface area contributed by atoms with Gasteiger partial charge < -0.3 is 5.73 Å². The van der Waals surface area contributed by atoms with Crippen molar-refractivity contribution in [3.05, 3.63) is 35.9 Å². The van der Waals surface area contributed by atoms with Crippen LogP contribution in [0.3, 0.4) is 0 Å². The normalized spacial score (nSPS) is 34.9. The molecule has 86 valence electrons. The predicted molar refractivity (Wildman–Crippen MR) is 66.1 cm³/mol. The van der Waals surface area contributed by atoms with Crippen LogP contribution in [0.5, 0.6) is 0 Å². The van der Waals surface area contributed by atoms with Crippen LogP contribution < -0.4 is 5.73 Å². The van der Waals surface area contributed by atoms with Crippen molar-refractivity contribution in [2.75, 3.05) is 13.1 Å². The van der Waals surface area contributed by atoms with E-state index in [1.807, 2.05) is 0 Å². The Hall–Kier alpha value is -0.860. The minimum atomic E-state index is -0.101. The fraction of sp³-hybridized carbons (Fsp3) is 0.571. The Morgan fingerprint density at radius 1 is 1.12 bits per heavy atom. The van der Waals surface area contributed by atoms with Crippen molar-refractivity contribution in [1.29, 1.82) is 0 Å². The van der Waals surface area contributed by atoms with E-state index in [-0.39, 0.29) is 5.54 Å².